The quantitative estimate of drug-likeness (QED) is 0.269. The van der Waals surface area contributed by atoms with Gasteiger partial charge in [-0.2, -0.15) is 0 Å². The van der Waals surface area contributed by atoms with Gasteiger partial charge in [-0.1, -0.05) is 58.9 Å². The molecule has 0 amide bonds. The van der Waals surface area contributed by atoms with Crippen molar-refractivity contribution in [1.82, 2.24) is 0 Å². The number of benzene rings is 1. The van der Waals surface area contributed by atoms with Gasteiger partial charge in [0.2, 0.25) is 0 Å². The zero-order valence-corrected chi connectivity index (χ0v) is 26.8. The topological polar surface area (TPSA) is 134 Å². The number of carboxylic acids is 1. The summed E-state index contributed by atoms with van der Waals surface area (Å²) in [5.74, 6) is 0.517. The van der Waals surface area contributed by atoms with Gasteiger partial charge in [0, 0.05) is 26.3 Å². The summed E-state index contributed by atoms with van der Waals surface area (Å²) in [5, 5.41) is 27.3. The summed E-state index contributed by atoms with van der Waals surface area (Å²) in [4.78, 5) is 10.5. The first-order valence-electron chi connectivity index (χ1n) is 13.6. The Balaban J connectivity index is -0.000000238. The van der Waals surface area contributed by atoms with Gasteiger partial charge in [0.05, 0.1) is 5.60 Å². The number of aliphatic hydroxyl groups is 2. The molecule has 0 spiro atoms. The van der Waals surface area contributed by atoms with E-state index in [4.69, 9.17) is 19.7 Å². The molecule has 0 saturated heterocycles. The zero-order chi connectivity index (χ0) is 30.5. The van der Waals surface area contributed by atoms with Crippen LogP contribution >= 0.6 is 0 Å². The van der Waals surface area contributed by atoms with E-state index in [0.717, 1.165) is 25.7 Å². The summed E-state index contributed by atoms with van der Waals surface area (Å²) < 4.78 is 5.46. The highest BCUT2D eigenvalue weighted by atomic mass is 16.4. The summed E-state index contributed by atoms with van der Waals surface area (Å²) in [5.41, 5.74) is 4.97. The maximum absolute atomic E-state index is 10.5. The number of hydrogen-bond donors (Lipinski definition) is 4. The summed E-state index contributed by atoms with van der Waals surface area (Å²) in [6.45, 7) is 23.8. The molecule has 3 rings (SSSR count). The minimum absolute atomic E-state index is 0. The zero-order valence-electron chi connectivity index (χ0n) is 26.8. The highest BCUT2D eigenvalue weighted by Gasteiger charge is 2.39. The lowest BCUT2D eigenvalue weighted by molar-refractivity contribution is -0.136. The van der Waals surface area contributed by atoms with Gasteiger partial charge in [0.15, 0.2) is 0 Å². The second-order valence-electron chi connectivity index (χ2n) is 9.84. The van der Waals surface area contributed by atoms with Crippen LogP contribution in [-0.4, -0.2) is 46.5 Å². The number of hydrogen-bond acceptors (Lipinski definition) is 5. The van der Waals surface area contributed by atoms with Crippen LogP contribution < -0.4 is 5.32 Å². The third-order valence-electron chi connectivity index (χ3n) is 5.23. The number of carboxylic acid groups (broad SMARTS) is 1. The maximum Gasteiger partial charge on any atom is 0.311 e. The Hall–Kier alpha value is -2.61. The number of anilines is 1. The number of aliphatic hydroxyl groups excluding tert-OH is 1. The number of allylic oxidation sites excluding steroid dienone is 1. The van der Waals surface area contributed by atoms with Crippen molar-refractivity contribution in [3.8, 4) is 0 Å². The minimum atomic E-state index is -0.860. The number of aliphatic carboxylic acids is 1. The monoisotopic (exact) mass is 553 g/mol. The van der Waals surface area contributed by atoms with E-state index in [9.17, 15) is 4.79 Å². The fourth-order valence-corrected chi connectivity index (χ4v) is 2.92. The first-order valence-corrected chi connectivity index (χ1v) is 13.6. The van der Waals surface area contributed by atoms with E-state index in [1.807, 2.05) is 40.8 Å². The molecule has 1 aliphatic rings. The average molecular weight is 554 g/mol. The van der Waals surface area contributed by atoms with Crippen molar-refractivity contribution in [3.63, 3.8) is 0 Å². The van der Waals surface area contributed by atoms with E-state index in [1.165, 1.54) is 35.2 Å². The maximum atomic E-state index is 10.5. The van der Waals surface area contributed by atoms with E-state index < -0.39 is 11.6 Å². The van der Waals surface area contributed by atoms with Crippen LogP contribution in [0.4, 0.5) is 5.69 Å². The molecule has 1 aromatic heterocycles. The van der Waals surface area contributed by atoms with Gasteiger partial charge < -0.3 is 30.5 Å². The van der Waals surface area contributed by atoms with E-state index >= 15 is 0 Å². The Bertz CT molecular complexity index is 886. The van der Waals surface area contributed by atoms with Crippen molar-refractivity contribution in [2.24, 2.45) is 5.41 Å². The molecular formula is C32H59NO6. The van der Waals surface area contributed by atoms with Gasteiger partial charge in [-0.05, 0) is 88.6 Å². The molecule has 1 aliphatic carbocycles. The largest absolute Gasteiger partial charge is 0.481 e. The van der Waals surface area contributed by atoms with Gasteiger partial charge in [-0.25, -0.2) is 0 Å². The summed E-state index contributed by atoms with van der Waals surface area (Å²) in [6.07, 6.45) is 4.19. The number of rotatable bonds is 7. The van der Waals surface area contributed by atoms with Crippen LogP contribution in [0.2, 0.25) is 0 Å². The minimum Gasteiger partial charge on any atom is -0.481 e. The van der Waals surface area contributed by atoms with Gasteiger partial charge in [0.1, 0.15) is 17.9 Å². The second kappa shape index (κ2) is 23.3. The summed E-state index contributed by atoms with van der Waals surface area (Å²) in [7, 11) is 2.95. The van der Waals surface area contributed by atoms with E-state index in [0.29, 0.717) is 11.2 Å². The fraction of sp³-hybridized carbons (Fsp3) is 0.594. The standard InChI is InChI=1S/C14H18O3.C9H13N.C4H10O.2C2H6.CH4O.H2O/c1-10(14(2)7-8-14)3-4-11-5-6-12(17-11)9-13(15)16;1-7-4-5-8(2)9(6-7)10-3;1-4(2,3)5;3*1-2;/h5-6H,1,3-4,7-9H2,2H3,(H,15,16);4-6,10H,1-3H3;5H,1-3H3;2*1-2H3;2H,1H3;1H2. The molecule has 0 atom stereocenters. The van der Waals surface area contributed by atoms with Crippen LogP contribution in [0.15, 0.2) is 46.9 Å². The van der Waals surface area contributed by atoms with Crippen LogP contribution in [0.25, 0.3) is 0 Å². The average Bonchev–Trinajstić information content (AvgIpc) is 3.48. The van der Waals surface area contributed by atoms with Gasteiger partial charge in [0.25, 0.3) is 0 Å². The Morgan fingerprint density at radius 2 is 1.49 bits per heavy atom. The molecule has 228 valence electrons. The van der Waals surface area contributed by atoms with Crippen molar-refractivity contribution in [2.75, 3.05) is 19.5 Å². The first-order chi connectivity index (χ1) is 17.7. The van der Waals surface area contributed by atoms with E-state index in [-0.39, 0.29) is 11.9 Å². The molecule has 0 unspecified atom stereocenters. The molecule has 2 aromatic rings. The third-order valence-corrected chi connectivity index (χ3v) is 5.23. The predicted octanol–water partition coefficient (Wildman–Crippen LogP) is 7.15. The molecule has 0 aliphatic heterocycles. The molecule has 39 heavy (non-hydrogen) atoms. The number of aryl methyl sites for hydroxylation is 3. The van der Waals surface area contributed by atoms with Crippen molar-refractivity contribution >= 4 is 11.7 Å². The van der Waals surface area contributed by atoms with Crippen LogP contribution in [-0.2, 0) is 17.6 Å². The third kappa shape index (κ3) is 23.0. The lowest BCUT2D eigenvalue weighted by Gasteiger charge is -2.11. The van der Waals surface area contributed by atoms with Gasteiger partial charge in [-0.15, -0.1) is 0 Å². The molecule has 7 heteroatoms. The Morgan fingerprint density at radius 3 is 1.87 bits per heavy atom. The number of carbonyl (C=O) groups is 1. The lowest BCUT2D eigenvalue weighted by Crippen LogP contribution is -2.10. The van der Waals surface area contributed by atoms with Crippen molar-refractivity contribution in [1.29, 1.82) is 0 Å². The van der Waals surface area contributed by atoms with Crippen LogP contribution in [0.5, 0.6) is 0 Å². The normalized spacial score (nSPS) is 11.7. The van der Waals surface area contributed by atoms with Crippen LogP contribution in [0, 0.1) is 19.3 Å². The van der Waals surface area contributed by atoms with Gasteiger partial charge in [-0.3, -0.25) is 4.79 Å². The molecule has 1 heterocycles. The molecule has 0 radical (unpaired) electrons. The van der Waals surface area contributed by atoms with E-state index in [1.54, 1.807) is 26.8 Å². The smallest absolute Gasteiger partial charge is 0.311 e. The Kier molecular flexibility index (Phi) is 25.9. The first kappa shape index (κ1) is 43.4. The van der Waals surface area contributed by atoms with E-state index in [2.05, 4.69) is 50.9 Å². The molecule has 1 fully saturated rings. The molecule has 0 bridgehead atoms. The molecular weight excluding hydrogens is 494 g/mol. The predicted molar refractivity (Wildman–Crippen MR) is 167 cm³/mol. The Labute approximate surface area is 238 Å². The summed E-state index contributed by atoms with van der Waals surface area (Å²) >= 11 is 0. The molecule has 1 aromatic carbocycles. The molecule has 6 N–H and O–H groups in total. The molecule has 7 nitrogen and oxygen atoms in total. The van der Waals surface area contributed by atoms with Crippen molar-refractivity contribution < 1.29 is 30.0 Å². The Morgan fingerprint density at radius 1 is 1.03 bits per heavy atom. The van der Waals surface area contributed by atoms with Crippen molar-refractivity contribution in [3.05, 3.63) is 65.1 Å². The van der Waals surface area contributed by atoms with Crippen LogP contribution in [0.1, 0.15) is 97.3 Å². The molecule has 1 saturated carbocycles. The highest BCUT2D eigenvalue weighted by molar-refractivity contribution is 5.69. The SMILES string of the molecule is C=C(CCc1ccc(CC(=O)O)o1)C1(C)CC1.CC.CC.CC(C)(C)O.CNc1cc(C)ccc1C.CO.O. The van der Waals surface area contributed by atoms with Crippen LogP contribution in [0.3, 0.4) is 0 Å². The van der Waals surface area contributed by atoms with Crippen molar-refractivity contribution in [2.45, 2.75) is 107 Å². The highest BCUT2D eigenvalue weighted by Crippen LogP contribution is 2.51. The number of furan rings is 1. The lowest BCUT2D eigenvalue weighted by atomic mass is 9.95. The fourth-order valence-electron chi connectivity index (χ4n) is 2.92. The van der Waals surface area contributed by atoms with Gasteiger partial charge >= 0.3 is 5.97 Å². The number of nitrogens with one attached hydrogen (secondary N) is 1. The second-order valence-corrected chi connectivity index (χ2v) is 9.84. The summed E-state index contributed by atoms with van der Waals surface area (Å²) in [6, 6.07) is 10.00.